The zero-order valence-corrected chi connectivity index (χ0v) is 15.3. The first-order valence-corrected chi connectivity index (χ1v) is 9.01. The highest BCUT2D eigenvalue weighted by Gasteiger charge is 2.22. The first-order chi connectivity index (χ1) is 11.2. The van der Waals surface area contributed by atoms with Gasteiger partial charge >= 0.3 is 0 Å². The monoisotopic (exact) mass is 340 g/mol. The van der Waals surface area contributed by atoms with E-state index in [2.05, 4.69) is 24.1 Å². The van der Waals surface area contributed by atoms with E-state index in [1.54, 1.807) is 7.11 Å². The van der Waals surface area contributed by atoms with Gasteiger partial charge in [0, 0.05) is 19.1 Å². The minimum Gasteiger partial charge on any atom is -0.493 e. The number of halogens is 1. The Morgan fingerprint density at radius 2 is 2.17 bits per heavy atom. The number of hydrogen-bond donors (Lipinski definition) is 1. The SMILES string of the molecule is CCCOc1c(Cl)cc(CNC[C@H]2CCCN2CC)cc1OC. The van der Waals surface area contributed by atoms with E-state index < -0.39 is 0 Å². The standard InChI is InChI=1S/C18H29ClN2O2/c1-4-9-23-18-16(19)10-14(11-17(18)22-3)12-20-13-15-7-6-8-21(15)5-2/h10-11,15,20H,4-9,12-13H2,1-3H3/t15-/m1/s1. The van der Waals surface area contributed by atoms with Crippen molar-refractivity contribution in [3.05, 3.63) is 22.7 Å². The smallest absolute Gasteiger partial charge is 0.179 e. The molecule has 1 fully saturated rings. The van der Waals surface area contributed by atoms with Gasteiger partial charge in [0.15, 0.2) is 11.5 Å². The van der Waals surface area contributed by atoms with E-state index in [4.69, 9.17) is 21.1 Å². The molecule has 1 atom stereocenters. The second kappa shape index (κ2) is 9.36. The van der Waals surface area contributed by atoms with E-state index in [0.29, 0.717) is 29.2 Å². The minimum atomic E-state index is 0.616. The van der Waals surface area contributed by atoms with Crippen LogP contribution in [0.2, 0.25) is 5.02 Å². The fraction of sp³-hybridized carbons (Fsp3) is 0.667. The zero-order valence-electron chi connectivity index (χ0n) is 14.5. The molecular formula is C18H29ClN2O2. The van der Waals surface area contributed by atoms with Crippen LogP contribution in [0.15, 0.2) is 12.1 Å². The van der Waals surface area contributed by atoms with Crippen molar-refractivity contribution in [1.82, 2.24) is 10.2 Å². The highest BCUT2D eigenvalue weighted by atomic mass is 35.5. The summed E-state index contributed by atoms with van der Waals surface area (Å²) in [6, 6.07) is 4.63. The Bertz CT molecular complexity index is 496. The molecule has 1 aromatic carbocycles. The summed E-state index contributed by atoms with van der Waals surface area (Å²) in [5.41, 5.74) is 1.12. The van der Waals surface area contributed by atoms with Crippen LogP contribution >= 0.6 is 11.6 Å². The lowest BCUT2D eigenvalue weighted by molar-refractivity contribution is 0.260. The van der Waals surface area contributed by atoms with Crippen molar-refractivity contribution in [2.24, 2.45) is 0 Å². The molecule has 0 unspecified atom stereocenters. The van der Waals surface area contributed by atoms with Crippen molar-refractivity contribution >= 4 is 11.6 Å². The molecule has 1 saturated heterocycles. The molecule has 1 N–H and O–H groups in total. The Hall–Kier alpha value is -0.970. The van der Waals surface area contributed by atoms with Gasteiger partial charge in [-0.1, -0.05) is 25.4 Å². The third-order valence-electron chi connectivity index (χ3n) is 4.35. The summed E-state index contributed by atoms with van der Waals surface area (Å²) < 4.78 is 11.1. The molecule has 0 saturated carbocycles. The molecule has 4 nitrogen and oxygen atoms in total. The Morgan fingerprint density at radius 1 is 1.35 bits per heavy atom. The molecule has 1 heterocycles. The quantitative estimate of drug-likeness (QED) is 0.743. The van der Waals surface area contributed by atoms with Crippen LogP contribution in [0.3, 0.4) is 0 Å². The van der Waals surface area contributed by atoms with E-state index in [-0.39, 0.29) is 0 Å². The van der Waals surface area contributed by atoms with Gasteiger partial charge in [-0.25, -0.2) is 0 Å². The Balaban J connectivity index is 1.93. The second-order valence-electron chi connectivity index (χ2n) is 6.01. The van der Waals surface area contributed by atoms with Crippen LogP contribution < -0.4 is 14.8 Å². The molecule has 23 heavy (non-hydrogen) atoms. The van der Waals surface area contributed by atoms with Crippen LogP contribution in [0.1, 0.15) is 38.7 Å². The third kappa shape index (κ3) is 5.00. The van der Waals surface area contributed by atoms with Crippen LogP contribution in [0.4, 0.5) is 0 Å². The van der Waals surface area contributed by atoms with Crippen molar-refractivity contribution in [2.75, 3.05) is 33.4 Å². The molecule has 1 aliphatic heterocycles. The molecule has 0 aliphatic carbocycles. The summed E-state index contributed by atoms with van der Waals surface area (Å²) in [6.07, 6.45) is 3.54. The maximum absolute atomic E-state index is 6.36. The van der Waals surface area contributed by atoms with Crippen LogP contribution in [-0.2, 0) is 6.54 Å². The normalized spacial score (nSPS) is 18.3. The molecule has 1 aliphatic rings. The van der Waals surface area contributed by atoms with Crippen LogP contribution in [0, 0.1) is 0 Å². The number of ether oxygens (including phenoxy) is 2. The highest BCUT2D eigenvalue weighted by molar-refractivity contribution is 6.32. The van der Waals surface area contributed by atoms with E-state index in [1.165, 1.54) is 19.4 Å². The Morgan fingerprint density at radius 3 is 2.87 bits per heavy atom. The number of nitrogens with zero attached hydrogens (tertiary/aromatic N) is 1. The molecule has 0 aromatic heterocycles. The summed E-state index contributed by atoms with van der Waals surface area (Å²) >= 11 is 6.36. The minimum absolute atomic E-state index is 0.616. The molecule has 5 heteroatoms. The predicted molar refractivity (Wildman–Crippen MR) is 95.8 cm³/mol. The van der Waals surface area contributed by atoms with Crippen LogP contribution in [0.5, 0.6) is 11.5 Å². The summed E-state index contributed by atoms with van der Waals surface area (Å²) in [7, 11) is 1.65. The summed E-state index contributed by atoms with van der Waals surface area (Å²) in [5, 5.41) is 4.17. The van der Waals surface area contributed by atoms with Crippen LogP contribution in [0.25, 0.3) is 0 Å². The van der Waals surface area contributed by atoms with Gasteiger partial charge < -0.3 is 14.8 Å². The van der Waals surface area contributed by atoms with Gasteiger partial charge in [0.05, 0.1) is 18.7 Å². The van der Waals surface area contributed by atoms with E-state index in [9.17, 15) is 0 Å². The zero-order chi connectivity index (χ0) is 16.7. The fourth-order valence-electron chi connectivity index (χ4n) is 3.15. The van der Waals surface area contributed by atoms with Gasteiger partial charge in [0.25, 0.3) is 0 Å². The van der Waals surface area contributed by atoms with Crippen molar-refractivity contribution in [1.29, 1.82) is 0 Å². The van der Waals surface area contributed by atoms with Gasteiger partial charge in [-0.15, -0.1) is 0 Å². The largest absolute Gasteiger partial charge is 0.493 e. The van der Waals surface area contributed by atoms with Gasteiger partial charge in [0.2, 0.25) is 0 Å². The van der Waals surface area contributed by atoms with Crippen molar-refractivity contribution < 1.29 is 9.47 Å². The van der Waals surface area contributed by atoms with Gasteiger partial charge in [-0.2, -0.15) is 0 Å². The average molecular weight is 341 g/mol. The fourth-order valence-corrected chi connectivity index (χ4v) is 3.43. The average Bonchev–Trinajstić information content (AvgIpc) is 3.01. The second-order valence-corrected chi connectivity index (χ2v) is 6.42. The first kappa shape index (κ1) is 18.4. The summed E-state index contributed by atoms with van der Waals surface area (Å²) in [5.74, 6) is 1.35. The predicted octanol–water partition coefficient (Wildman–Crippen LogP) is 3.71. The molecular weight excluding hydrogens is 312 g/mol. The van der Waals surface area contributed by atoms with Crippen LogP contribution in [-0.4, -0.2) is 44.3 Å². The number of likely N-dealkylation sites (tertiary alicyclic amines) is 1. The lowest BCUT2D eigenvalue weighted by Crippen LogP contribution is -2.37. The van der Waals surface area contributed by atoms with Crippen molar-refractivity contribution in [2.45, 2.75) is 45.7 Å². The third-order valence-corrected chi connectivity index (χ3v) is 4.63. The summed E-state index contributed by atoms with van der Waals surface area (Å²) in [6.45, 7) is 9.11. The molecule has 0 bridgehead atoms. The first-order valence-electron chi connectivity index (χ1n) is 8.63. The molecule has 1 aromatic rings. The number of hydrogen-bond acceptors (Lipinski definition) is 4. The number of methoxy groups -OCH3 is 1. The maximum Gasteiger partial charge on any atom is 0.179 e. The maximum atomic E-state index is 6.36. The lowest BCUT2D eigenvalue weighted by atomic mass is 10.1. The lowest BCUT2D eigenvalue weighted by Gasteiger charge is -2.23. The number of benzene rings is 1. The number of likely N-dealkylation sites (N-methyl/N-ethyl adjacent to an activating group) is 1. The van der Waals surface area contributed by atoms with Gasteiger partial charge in [-0.05, 0) is 50.0 Å². The molecule has 0 amide bonds. The topological polar surface area (TPSA) is 33.7 Å². The number of nitrogens with one attached hydrogen (secondary N) is 1. The molecule has 0 radical (unpaired) electrons. The van der Waals surface area contributed by atoms with Gasteiger partial charge in [-0.3, -0.25) is 4.90 Å². The van der Waals surface area contributed by atoms with E-state index in [1.807, 2.05) is 12.1 Å². The number of rotatable bonds is 9. The Kier molecular flexibility index (Phi) is 7.47. The molecule has 0 spiro atoms. The summed E-state index contributed by atoms with van der Waals surface area (Å²) in [4.78, 5) is 2.54. The van der Waals surface area contributed by atoms with Crippen molar-refractivity contribution in [3.63, 3.8) is 0 Å². The Labute approximate surface area is 145 Å². The highest BCUT2D eigenvalue weighted by Crippen LogP contribution is 2.36. The van der Waals surface area contributed by atoms with Crippen molar-refractivity contribution in [3.8, 4) is 11.5 Å². The van der Waals surface area contributed by atoms with E-state index in [0.717, 1.165) is 31.6 Å². The molecule has 2 rings (SSSR count). The van der Waals surface area contributed by atoms with E-state index >= 15 is 0 Å². The molecule has 130 valence electrons. The van der Waals surface area contributed by atoms with Gasteiger partial charge in [0.1, 0.15) is 0 Å².